The van der Waals surface area contributed by atoms with Crippen molar-refractivity contribution in [1.29, 1.82) is 0 Å². The highest BCUT2D eigenvalue weighted by Gasteiger charge is 2.32. The third-order valence-electron chi connectivity index (χ3n) is 3.43. The molecule has 17 heavy (non-hydrogen) atoms. The van der Waals surface area contributed by atoms with E-state index >= 15 is 0 Å². The Labute approximate surface area is 117 Å². The number of rotatable bonds is 3. The van der Waals surface area contributed by atoms with E-state index in [0.29, 0.717) is 11.5 Å². The first kappa shape index (κ1) is 13.6. The molecule has 0 saturated heterocycles. The van der Waals surface area contributed by atoms with Gasteiger partial charge in [0.1, 0.15) is 0 Å². The van der Waals surface area contributed by atoms with Crippen LogP contribution in [0.2, 0.25) is 0 Å². The van der Waals surface area contributed by atoms with Gasteiger partial charge in [-0.2, -0.15) is 0 Å². The summed E-state index contributed by atoms with van der Waals surface area (Å²) < 4.78 is 7.24. The van der Waals surface area contributed by atoms with Crippen molar-refractivity contribution >= 4 is 27.3 Å². The molecule has 0 bridgehead atoms. The van der Waals surface area contributed by atoms with Crippen LogP contribution in [0.5, 0.6) is 0 Å². The van der Waals surface area contributed by atoms with Crippen LogP contribution in [-0.4, -0.2) is 6.10 Å². The van der Waals surface area contributed by atoms with Crippen molar-refractivity contribution in [2.24, 2.45) is 11.3 Å². The number of hydrogen-bond acceptors (Lipinski definition) is 2. The maximum Gasteiger partial charge on any atom is 0.0813 e. The molecule has 1 fully saturated rings. The van der Waals surface area contributed by atoms with Crippen molar-refractivity contribution in [3.63, 3.8) is 0 Å². The van der Waals surface area contributed by atoms with Gasteiger partial charge in [0.2, 0.25) is 0 Å². The van der Waals surface area contributed by atoms with Crippen molar-refractivity contribution in [3.8, 4) is 0 Å². The summed E-state index contributed by atoms with van der Waals surface area (Å²) >= 11 is 5.25. The summed E-state index contributed by atoms with van der Waals surface area (Å²) in [6.45, 7) is 7.84. The number of thiophene rings is 1. The molecular formula is C14H21BrOS. The van der Waals surface area contributed by atoms with Gasteiger partial charge >= 0.3 is 0 Å². The van der Waals surface area contributed by atoms with Gasteiger partial charge in [-0.05, 0) is 52.6 Å². The van der Waals surface area contributed by atoms with Gasteiger partial charge in [0, 0.05) is 14.7 Å². The third-order valence-corrected chi connectivity index (χ3v) is 5.10. The zero-order valence-corrected chi connectivity index (χ0v) is 13.2. The predicted molar refractivity (Wildman–Crippen MR) is 77.4 cm³/mol. The van der Waals surface area contributed by atoms with Gasteiger partial charge in [0.05, 0.1) is 12.7 Å². The lowest BCUT2D eigenvalue weighted by molar-refractivity contribution is -0.0307. The second kappa shape index (κ2) is 5.41. The molecule has 1 aromatic rings. The van der Waals surface area contributed by atoms with Crippen LogP contribution in [0, 0.1) is 11.3 Å². The molecule has 1 aliphatic rings. The number of hydrogen-bond donors (Lipinski definition) is 0. The Bertz CT molecular complexity index is 372. The molecule has 96 valence electrons. The van der Waals surface area contributed by atoms with Crippen molar-refractivity contribution in [2.45, 2.75) is 52.7 Å². The number of ether oxygens (including phenoxy) is 1. The van der Waals surface area contributed by atoms with Crippen molar-refractivity contribution in [1.82, 2.24) is 0 Å². The van der Waals surface area contributed by atoms with E-state index < -0.39 is 0 Å². The summed E-state index contributed by atoms with van der Waals surface area (Å²) in [4.78, 5) is 1.31. The van der Waals surface area contributed by atoms with E-state index in [1.54, 1.807) is 11.3 Å². The maximum atomic E-state index is 6.08. The monoisotopic (exact) mass is 316 g/mol. The standard InChI is InChI=1S/C14H21BrOS/c1-10-4-12(7-14(2,3)6-10)16-8-13-5-11(15)9-17-13/h5,9-10,12H,4,6-8H2,1-3H3. The summed E-state index contributed by atoms with van der Waals surface area (Å²) in [6.07, 6.45) is 4.19. The zero-order valence-electron chi connectivity index (χ0n) is 10.8. The van der Waals surface area contributed by atoms with E-state index in [4.69, 9.17) is 4.74 Å². The highest BCUT2D eigenvalue weighted by Crippen LogP contribution is 2.40. The molecule has 1 aromatic heterocycles. The molecular weight excluding hydrogens is 296 g/mol. The Kier molecular flexibility index (Phi) is 4.32. The lowest BCUT2D eigenvalue weighted by Gasteiger charge is -2.38. The third kappa shape index (κ3) is 4.08. The molecule has 0 aliphatic heterocycles. The number of halogens is 1. The molecule has 2 unspecified atom stereocenters. The summed E-state index contributed by atoms with van der Waals surface area (Å²) in [5.74, 6) is 0.791. The largest absolute Gasteiger partial charge is 0.373 e. The maximum absolute atomic E-state index is 6.08. The normalized spacial score (nSPS) is 28.2. The Balaban J connectivity index is 1.86. The summed E-state index contributed by atoms with van der Waals surface area (Å²) in [6, 6.07) is 2.15. The average Bonchev–Trinajstić information content (AvgIpc) is 2.58. The van der Waals surface area contributed by atoms with E-state index in [-0.39, 0.29) is 0 Å². The molecule has 1 nitrogen and oxygen atoms in total. The fourth-order valence-electron chi connectivity index (χ4n) is 3.01. The minimum absolute atomic E-state index is 0.439. The van der Waals surface area contributed by atoms with Gasteiger partial charge < -0.3 is 4.74 Å². The van der Waals surface area contributed by atoms with Crippen LogP contribution >= 0.6 is 27.3 Å². The molecule has 0 spiro atoms. The van der Waals surface area contributed by atoms with Gasteiger partial charge in [-0.25, -0.2) is 0 Å². The van der Waals surface area contributed by atoms with Gasteiger partial charge in [-0.15, -0.1) is 11.3 Å². The van der Waals surface area contributed by atoms with Crippen LogP contribution in [0.25, 0.3) is 0 Å². The van der Waals surface area contributed by atoms with Crippen LogP contribution in [0.1, 0.15) is 44.9 Å². The Hall–Kier alpha value is 0.140. The molecule has 0 N–H and O–H groups in total. The average molecular weight is 317 g/mol. The fourth-order valence-corrected chi connectivity index (χ4v) is 4.39. The lowest BCUT2D eigenvalue weighted by atomic mass is 9.71. The molecule has 0 aromatic carbocycles. The second-order valence-electron chi connectivity index (χ2n) is 6.08. The molecule has 1 aliphatic carbocycles. The summed E-state index contributed by atoms with van der Waals surface area (Å²) in [7, 11) is 0. The summed E-state index contributed by atoms with van der Waals surface area (Å²) in [5, 5.41) is 2.12. The smallest absolute Gasteiger partial charge is 0.0813 e. The van der Waals surface area contributed by atoms with E-state index in [0.717, 1.165) is 12.5 Å². The fraction of sp³-hybridized carbons (Fsp3) is 0.714. The molecule has 0 radical (unpaired) electrons. The Morgan fingerprint density at radius 1 is 1.47 bits per heavy atom. The van der Waals surface area contributed by atoms with Gasteiger partial charge in [0.25, 0.3) is 0 Å². The minimum Gasteiger partial charge on any atom is -0.373 e. The highest BCUT2D eigenvalue weighted by atomic mass is 79.9. The lowest BCUT2D eigenvalue weighted by Crippen LogP contribution is -2.32. The van der Waals surface area contributed by atoms with Crippen LogP contribution in [0.3, 0.4) is 0 Å². The van der Waals surface area contributed by atoms with Gasteiger partial charge in [0.15, 0.2) is 0 Å². The molecule has 0 amide bonds. The second-order valence-corrected chi connectivity index (χ2v) is 7.99. The molecule has 2 atom stereocenters. The Morgan fingerprint density at radius 2 is 2.24 bits per heavy atom. The minimum atomic E-state index is 0.439. The van der Waals surface area contributed by atoms with Crippen LogP contribution in [0.15, 0.2) is 15.9 Å². The first-order chi connectivity index (χ1) is 7.94. The van der Waals surface area contributed by atoms with E-state index in [1.165, 1.54) is 28.6 Å². The molecule has 2 rings (SSSR count). The quantitative estimate of drug-likeness (QED) is 0.740. The zero-order chi connectivity index (χ0) is 12.5. The highest BCUT2D eigenvalue weighted by molar-refractivity contribution is 9.10. The predicted octanol–water partition coefficient (Wildman–Crippen LogP) is 5.24. The molecule has 3 heteroatoms. The van der Waals surface area contributed by atoms with Crippen LogP contribution in [0.4, 0.5) is 0 Å². The summed E-state index contributed by atoms with van der Waals surface area (Å²) in [5.41, 5.74) is 0.443. The first-order valence-electron chi connectivity index (χ1n) is 6.29. The molecule has 1 saturated carbocycles. The van der Waals surface area contributed by atoms with Crippen LogP contribution in [-0.2, 0) is 11.3 Å². The van der Waals surface area contributed by atoms with Crippen molar-refractivity contribution in [3.05, 3.63) is 20.8 Å². The van der Waals surface area contributed by atoms with Gasteiger partial charge in [-0.1, -0.05) is 20.8 Å². The van der Waals surface area contributed by atoms with Gasteiger partial charge in [-0.3, -0.25) is 0 Å². The van der Waals surface area contributed by atoms with Crippen LogP contribution < -0.4 is 0 Å². The van der Waals surface area contributed by atoms with E-state index in [9.17, 15) is 0 Å². The Morgan fingerprint density at radius 3 is 2.82 bits per heavy atom. The van der Waals surface area contributed by atoms with Crippen molar-refractivity contribution in [2.75, 3.05) is 0 Å². The van der Waals surface area contributed by atoms with E-state index in [2.05, 4.69) is 48.1 Å². The first-order valence-corrected chi connectivity index (χ1v) is 7.96. The van der Waals surface area contributed by atoms with Crippen molar-refractivity contribution < 1.29 is 4.74 Å². The SMILES string of the molecule is CC1CC(OCc2cc(Br)cs2)CC(C)(C)C1. The topological polar surface area (TPSA) is 9.23 Å². The van der Waals surface area contributed by atoms with E-state index in [1.807, 2.05) is 0 Å². The molecule has 1 heterocycles.